The van der Waals surface area contributed by atoms with Gasteiger partial charge in [-0.25, -0.2) is 4.79 Å². The second-order valence-electron chi connectivity index (χ2n) is 33.5. The van der Waals surface area contributed by atoms with Crippen LogP contribution >= 0.6 is 138 Å². The highest BCUT2D eigenvalue weighted by atomic mass is 35.5. The van der Waals surface area contributed by atoms with E-state index in [0.29, 0.717) is 94.8 Å². The van der Waals surface area contributed by atoms with Gasteiger partial charge in [-0.2, -0.15) is 0 Å². The Bertz CT molecular complexity index is 5800. The van der Waals surface area contributed by atoms with Gasteiger partial charge in [-0.15, -0.1) is 56.7 Å². The van der Waals surface area contributed by atoms with Crippen molar-refractivity contribution >= 4 is 204 Å². The maximum atomic E-state index is 12.8. The van der Waals surface area contributed by atoms with Crippen molar-refractivity contribution in [3.63, 3.8) is 0 Å². The molecule has 4 amide bonds. The van der Waals surface area contributed by atoms with Crippen molar-refractivity contribution in [1.29, 1.82) is 0 Å². The maximum Gasteiger partial charge on any atom is 0.329 e. The molecule has 0 saturated carbocycles. The number of carbonyl (C=O) groups excluding carboxylic acids is 7. The monoisotopic (exact) mass is 2030 g/mol. The summed E-state index contributed by atoms with van der Waals surface area (Å²) in [5.74, 6) is 5.93. The van der Waals surface area contributed by atoms with Gasteiger partial charge in [0.2, 0.25) is 5.91 Å². The Balaban J connectivity index is 0.000000121. The summed E-state index contributed by atoms with van der Waals surface area (Å²) in [6.07, 6.45) is 3.79. The van der Waals surface area contributed by atoms with Crippen LogP contribution in [0.15, 0.2) is 133 Å². The Morgan fingerprint density at radius 1 is 0.436 bits per heavy atom. The van der Waals surface area contributed by atoms with E-state index in [-0.39, 0.29) is 59.0 Å². The highest BCUT2D eigenvalue weighted by Gasteiger charge is 2.45. The van der Waals surface area contributed by atoms with Gasteiger partial charge in [-0.05, 0) is 174 Å². The van der Waals surface area contributed by atoms with E-state index in [2.05, 4.69) is 118 Å². The molecule has 0 radical (unpaired) electrons. The average Bonchev–Trinajstić information content (AvgIpc) is 1.59. The summed E-state index contributed by atoms with van der Waals surface area (Å²) in [6, 6.07) is 41.6. The number of nitrogens with one attached hydrogen (secondary N) is 4. The molecule has 5 fully saturated rings. The number of nitrogens with zero attached hydrogens (tertiary/aromatic N) is 6. The summed E-state index contributed by atoms with van der Waals surface area (Å²) in [5.41, 5.74) is 11.4. The van der Waals surface area contributed by atoms with Crippen LogP contribution in [0, 0.1) is 11.8 Å². The molecule has 5 saturated heterocycles. The van der Waals surface area contributed by atoms with Crippen LogP contribution in [0.3, 0.4) is 0 Å². The lowest BCUT2D eigenvalue weighted by Gasteiger charge is -2.32. The number of ether oxygens (including phenoxy) is 6. The molecule has 133 heavy (non-hydrogen) atoms. The van der Waals surface area contributed by atoms with E-state index in [4.69, 9.17) is 110 Å². The molecule has 23 nitrogen and oxygen atoms in total. The fourth-order valence-corrected chi connectivity index (χ4v) is 25.3. The maximum absolute atomic E-state index is 12.8. The van der Waals surface area contributed by atoms with Crippen molar-refractivity contribution in [2.24, 2.45) is 0 Å². The van der Waals surface area contributed by atoms with E-state index in [1.807, 2.05) is 74.8 Å². The number of amides is 4. The summed E-state index contributed by atoms with van der Waals surface area (Å²) >= 11 is 50.5. The van der Waals surface area contributed by atoms with E-state index in [1.165, 1.54) is 62.0 Å². The van der Waals surface area contributed by atoms with E-state index >= 15 is 0 Å². The number of likely N-dealkylation sites (N-methyl/N-ethyl adjacent to an activating group) is 1. The molecule has 10 aromatic rings. The molecule has 13 heterocycles. The zero-order chi connectivity index (χ0) is 93.3. The first kappa shape index (κ1) is 97.7. The van der Waals surface area contributed by atoms with Gasteiger partial charge in [-0.3, -0.25) is 33.7 Å². The predicted molar refractivity (Wildman–Crippen MR) is 536 cm³/mol. The zero-order valence-corrected chi connectivity index (χ0v) is 83.3. The fourth-order valence-electron chi connectivity index (χ4n) is 18.3. The lowest BCUT2D eigenvalue weighted by molar-refractivity contribution is -0.143. The number of esters is 1. The van der Waals surface area contributed by atoms with E-state index in [1.54, 1.807) is 65.3 Å². The molecule has 5 aromatic heterocycles. The molecule has 0 bridgehead atoms. The molecule has 8 atom stereocenters. The molecule has 2 unspecified atom stereocenters. The molecule has 8 aliphatic heterocycles. The van der Waals surface area contributed by atoms with E-state index < -0.39 is 24.0 Å². The number of morpholine rings is 5. The first-order chi connectivity index (χ1) is 64.4. The van der Waals surface area contributed by atoms with Crippen LogP contribution in [-0.4, -0.2) is 231 Å². The molecular formula is C98H101Cl7N10O13S5. The van der Waals surface area contributed by atoms with Gasteiger partial charge in [0.25, 0.3) is 17.7 Å². The number of methoxy groups -OCH3 is 1. The molecule has 4 N–H and O–H groups in total. The summed E-state index contributed by atoms with van der Waals surface area (Å²) in [5, 5.41) is 20.9. The molecule has 10 aliphatic rings. The largest absolute Gasteiger partial charge is 0.467 e. The standard InChI is InChI=1S/C23H25ClN2O2S.C19H19Cl2N3O3S.C19H18Cl2N2O4S.C19H21ClN2O2S.C18H18ClNO2S/c1-25(2)11-3-4-19-21-18(16-5-7-17(24)8-6-16)9-10-20(27)22(21)29-23(19)26-12-14-28-15-13-26;1-22-18(25)16-15(10-2-3-12(20)13(21)8-10)11-9-14(24-4-6-27-7-5-24)28-17(11)19(26)23-16;1-26-19(25)16-15(10-2-3-12(20)13(21)8-10)11-9-14(23-4-6-27-7-5-23)28-17(11)18(24)22-16;1-2-15-17(12-3-5-13(20)6-4-12)14-11-16(22-7-9-24-10-8-22)25-18(14)19(23)21-15;19-13-3-1-12(2-4-13)14-5-6-16(21)18-15(14)11-17(23-18)20-7-9-22-10-8-20/h5-8,18H,9-15H2,1-2H3;2-3,8-9,15-16H,4-7H2,1H3,(H,22,25)(H,23,26);2-3,8-9,15-16H,4-7H2,1H3,(H,22,24);3-6,11,15,17H,2,7-10H2,1H3,(H,21,23);1-4,11,14H,5-10H2/t;2*15-,16-;15-,17+;/m.110./s1. The van der Waals surface area contributed by atoms with Crippen LogP contribution in [0.5, 0.6) is 0 Å². The van der Waals surface area contributed by atoms with Crippen molar-refractivity contribution in [3.8, 4) is 11.8 Å². The summed E-state index contributed by atoms with van der Waals surface area (Å²) in [7, 11) is 6.90. The fraction of sp³-hybridized carbons (Fsp3) is 0.398. The SMILES string of the molecule is CC[C@@H]1NC(=O)c2sc(N3CCOCC3)cc2[C@H]1c1ccc(Cl)cc1.CN(C)CC#Cc1c(N2CCOCC2)sc2c1C(c1ccc(Cl)cc1)CCC2=O.CNC(=O)[C@@H]1NC(=O)c2sc(N3CCOCC3)cc2[C@H]1c1ccc(Cl)c(Cl)c1.COC(=O)[C@@H]1NC(=O)c2sc(N3CCOCC3)cc2[C@H]1c1ccc(Cl)c(Cl)c1.O=C1CCC(c2ccc(Cl)cc2)c2cc(N3CCOCC3)sc21. The van der Waals surface area contributed by atoms with Crippen LogP contribution in [0.1, 0.15) is 178 Å². The Labute approximate surface area is 828 Å². The van der Waals surface area contributed by atoms with Gasteiger partial charge in [0.05, 0.1) is 150 Å². The number of carbonyl (C=O) groups is 7. The lowest BCUT2D eigenvalue weighted by Crippen LogP contribution is -2.52. The van der Waals surface area contributed by atoms with Gasteiger partial charge in [0, 0.05) is 136 Å². The van der Waals surface area contributed by atoms with Gasteiger partial charge in [-0.1, -0.05) is 149 Å². The number of halogens is 7. The third kappa shape index (κ3) is 22.4. The van der Waals surface area contributed by atoms with Gasteiger partial charge < -0.3 is 74.2 Å². The highest BCUT2D eigenvalue weighted by Crippen LogP contribution is 2.51. The molecule has 0 spiro atoms. The second-order valence-corrected chi connectivity index (χ2v) is 41.6. The molecule has 20 rings (SSSR count). The number of fused-ring (bicyclic) bond motifs is 5. The van der Waals surface area contributed by atoms with E-state index in [0.717, 1.165) is 195 Å². The van der Waals surface area contributed by atoms with Crippen LogP contribution in [0.25, 0.3) is 0 Å². The minimum atomic E-state index is -0.839. The Morgan fingerprint density at radius 3 is 1.23 bits per heavy atom. The van der Waals surface area contributed by atoms with E-state index in [9.17, 15) is 33.6 Å². The van der Waals surface area contributed by atoms with Crippen LogP contribution < -0.4 is 45.8 Å². The molecule has 700 valence electrons. The number of rotatable bonds is 14. The zero-order valence-electron chi connectivity index (χ0n) is 73.9. The number of hydrogen-bond acceptors (Lipinski definition) is 24. The smallest absolute Gasteiger partial charge is 0.329 e. The number of benzene rings is 5. The molecule has 2 aliphatic carbocycles. The number of Topliss-reactive ketones (excluding diaryl/α,β-unsaturated/α-hetero) is 2. The quantitative estimate of drug-likeness (QED) is 0.0584. The minimum absolute atomic E-state index is 0.0524. The molecule has 35 heteroatoms. The van der Waals surface area contributed by atoms with Crippen molar-refractivity contribution in [2.75, 3.05) is 191 Å². The number of thiophene rings is 5. The van der Waals surface area contributed by atoms with Crippen LogP contribution in [0.4, 0.5) is 25.0 Å². The lowest BCUT2D eigenvalue weighted by atomic mass is 9.80. The summed E-state index contributed by atoms with van der Waals surface area (Å²) in [6.45, 7) is 18.2. The Kier molecular flexibility index (Phi) is 32.9. The van der Waals surface area contributed by atoms with Crippen LogP contribution in [-0.2, 0) is 38.0 Å². The number of ketones is 2. The topological polar surface area (TPSA) is 242 Å². The first-order valence-corrected chi connectivity index (χ1v) is 51.1. The summed E-state index contributed by atoms with van der Waals surface area (Å²) in [4.78, 5) is 106. The third-order valence-electron chi connectivity index (χ3n) is 25.1. The Hall–Kier alpha value is -8.36. The van der Waals surface area contributed by atoms with Gasteiger partial charge >= 0.3 is 5.97 Å². The normalized spacial score (nSPS) is 21.4. The van der Waals surface area contributed by atoms with Gasteiger partial charge in [0.1, 0.15) is 17.1 Å². The van der Waals surface area contributed by atoms with Crippen molar-refractivity contribution in [2.45, 2.75) is 86.7 Å². The van der Waals surface area contributed by atoms with Crippen molar-refractivity contribution in [1.82, 2.24) is 26.2 Å². The Morgan fingerprint density at radius 2 is 0.805 bits per heavy atom. The third-order valence-corrected chi connectivity index (χ3v) is 33.5. The van der Waals surface area contributed by atoms with Crippen LogP contribution in [0.2, 0.25) is 35.2 Å². The summed E-state index contributed by atoms with van der Waals surface area (Å²) < 4.78 is 32.2. The minimum Gasteiger partial charge on any atom is -0.467 e. The number of hydrogen-bond donors (Lipinski definition) is 4. The first-order valence-electron chi connectivity index (χ1n) is 44.4. The molecule has 5 aromatic carbocycles. The second kappa shape index (κ2) is 44.8. The van der Waals surface area contributed by atoms with Crippen molar-refractivity contribution in [3.05, 3.63) is 254 Å². The highest BCUT2D eigenvalue weighted by molar-refractivity contribution is 7.20. The predicted octanol–water partition coefficient (Wildman–Crippen LogP) is 18.7. The average molecular weight is 2040 g/mol. The number of anilines is 5. The van der Waals surface area contributed by atoms with Gasteiger partial charge in [0.15, 0.2) is 11.6 Å². The molecular weight excluding hydrogens is 1930 g/mol. The van der Waals surface area contributed by atoms with Crippen molar-refractivity contribution < 1.29 is 62.0 Å².